The molecule has 0 unspecified atom stereocenters. The van der Waals surface area contributed by atoms with Crippen LogP contribution in [0.2, 0.25) is 0 Å². The van der Waals surface area contributed by atoms with E-state index in [1.54, 1.807) is 0 Å². The first kappa shape index (κ1) is 10.3. The molecule has 1 heterocycles. The van der Waals surface area contributed by atoms with Gasteiger partial charge in [-0.1, -0.05) is 0 Å². The Labute approximate surface area is 80.3 Å². The summed E-state index contributed by atoms with van der Waals surface area (Å²) in [5.41, 5.74) is 0. The molecule has 0 bridgehead atoms. The highest BCUT2D eigenvalue weighted by atomic mass is 35.5. The molecule has 2 nitrogen and oxygen atoms in total. The van der Waals surface area contributed by atoms with E-state index in [0.717, 1.165) is 18.8 Å². The fourth-order valence-corrected chi connectivity index (χ4v) is 2.03. The fraction of sp³-hybridized carbons (Fsp3) is 1.00. The molecule has 3 heteroatoms. The van der Waals surface area contributed by atoms with Gasteiger partial charge in [-0.05, 0) is 26.8 Å². The standard InChI is InChI=1S/C9H19ClN2/c1-8-6-12(5-3-4-10)7-9(2)11-8/h8-9,11H,3-7H2,1-2H3/t8-,9+. The zero-order chi connectivity index (χ0) is 8.97. The van der Waals surface area contributed by atoms with Crippen LogP contribution in [0.4, 0.5) is 0 Å². The summed E-state index contributed by atoms with van der Waals surface area (Å²) in [4.78, 5) is 2.49. The molecule has 1 aliphatic heterocycles. The Kier molecular flexibility index (Phi) is 4.33. The van der Waals surface area contributed by atoms with Gasteiger partial charge in [0.15, 0.2) is 0 Å². The SMILES string of the molecule is C[C@@H]1CN(CCCCl)C[C@H](C)N1. The van der Waals surface area contributed by atoms with Gasteiger partial charge in [-0.2, -0.15) is 0 Å². The summed E-state index contributed by atoms with van der Waals surface area (Å²) in [6, 6.07) is 1.26. The zero-order valence-corrected chi connectivity index (χ0v) is 8.77. The number of halogens is 1. The molecule has 1 aliphatic rings. The van der Waals surface area contributed by atoms with Gasteiger partial charge in [0.25, 0.3) is 0 Å². The van der Waals surface area contributed by atoms with Gasteiger partial charge in [0.2, 0.25) is 0 Å². The van der Waals surface area contributed by atoms with Crippen molar-refractivity contribution in [3.8, 4) is 0 Å². The van der Waals surface area contributed by atoms with E-state index in [1.807, 2.05) is 0 Å². The molecule has 0 aromatic rings. The van der Waals surface area contributed by atoms with Crippen LogP contribution in [0.3, 0.4) is 0 Å². The number of nitrogens with one attached hydrogen (secondary N) is 1. The van der Waals surface area contributed by atoms with Crippen LogP contribution < -0.4 is 5.32 Å². The fourth-order valence-electron chi connectivity index (χ4n) is 1.91. The summed E-state index contributed by atoms with van der Waals surface area (Å²) in [6.07, 6.45) is 1.11. The van der Waals surface area contributed by atoms with E-state index in [-0.39, 0.29) is 0 Å². The van der Waals surface area contributed by atoms with Crippen molar-refractivity contribution in [1.29, 1.82) is 0 Å². The van der Waals surface area contributed by atoms with Gasteiger partial charge in [-0.15, -0.1) is 11.6 Å². The largest absolute Gasteiger partial charge is 0.309 e. The first-order valence-corrected chi connectivity index (χ1v) is 5.30. The molecule has 0 amide bonds. The van der Waals surface area contributed by atoms with E-state index in [1.165, 1.54) is 13.1 Å². The second-order valence-corrected chi connectivity index (χ2v) is 4.15. The minimum atomic E-state index is 0.629. The van der Waals surface area contributed by atoms with Crippen molar-refractivity contribution in [3.05, 3.63) is 0 Å². The van der Waals surface area contributed by atoms with Crippen LogP contribution in [-0.2, 0) is 0 Å². The van der Waals surface area contributed by atoms with Crippen molar-refractivity contribution < 1.29 is 0 Å². The first-order valence-electron chi connectivity index (χ1n) is 4.76. The molecule has 0 aromatic heterocycles. The van der Waals surface area contributed by atoms with E-state index in [9.17, 15) is 0 Å². The summed E-state index contributed by atoms with van der Waals surface area (Å²) >= 11 is 5.65. The molecular formula is C9H19ClN2. The highest BCUT2D eigenvalue weighted by molar-refractivity contribution is 6.17. The van der Waals surface area contributed by atoms with Crippen LogP contribution in [0.25, 0.3) is 0 Å². The van der Waals surface area contributed by atoms with Crippen molar-refractivity contribution in [2.24, 2.45) is 0 Å². The summed E-state index contributed by atoms with van der Waals surface area (Å²) in [5.74, 6) is 0.784. The molecular weight excluding hydrogens is 172 g/mol. The normalized spacial score (nSPS) is 32.2. The van der Waals surface area contributed by atoms with E-state index >= 15 is 0 Å². The second-order valence-electron chi connectivity index (χ2n) is 3.77. The second kappa shape index (κ2) is 5.05. The van der Waals surface area contributed by atoms with Crippen molar-refractivity contribution >= 4 is 11.6 Å². The third kappa shape index (κ3) is 3.30. The lowest BCUT2D eigenvalue weighted by Gasteiger charge is -2.36. The molecule has 0 aliphatic carbocycles. The van der Waals surface area contributed by atoms with Crippen LogP contribution in [-0.4, -0.2) is 42.5 Å². The molecule has 12 heavy (non-hydrogen) atoms. The predicted octanol–water partition coefficient (Wildman–Crippen LogP) is 1.30. The van der Waals surface area contributed by atoms with Gasteiger partial charge in [-0.3, -0.25) is 0 Å². The Balaban J connectivity index is 2.24. The number of piperazine rings is 1. The molecule has 1 saturated heterocycles. The van der Waals surface area contributed by atoms with Gasteiger partial charge in [0.1, 0.15) is 0 Å². The third-order valence-corrected chi connectivity index (χ3v) is 2.51. The minimum absolute atomic E-state index is 0.629. The Bertz CT molecular complexity index is 120. The van der Waals surface area contributed by atoms with Crippen LogP contribution in [0.1, 0.15) is 20.3 Å². The van der Waals surface area contributed by atoms with E-state index in [4.69, 9.17) is 11.6 Å². The molecule has 1 fully saturated rings. The Hall–Kier alpha value is 0.210. The molecule has 0 spiro atoms. The molecule has 0 aromatic carbocycles. The predicted molar refractivity (Wildman–Crippen MR) is 53.8 cm³/mol. The highest BCUT2D eigenvalue weighted by Crippen LogP contribution is 2.04. The van der Waals surface area contributed by atoms with Crippen LogP contribution >= 0.6 is 11.6 Å². The number of rotatable bonds is 3. The quantitative estimate of drug-likeness (QED) is 0.675. The summed E-state index contributed by atoms with van der Waals surface area (Å²) < 4.78 is 0. The zero-order valence-electron chi connectivity index (χ0n) is 8.02. The first-order chi connectivity index (χ1) is 5.72. The van der Waals surface area contributed by atoms with Gasteiger partial charge < -0.3 is 10.2 Å². The monoisotopic (exact) mass is 190 g/mol. The van der Waals surface area contributed by atoms with Crippen molar-refractivity contribution in [2.75, 3.05) is 25.5 Å². The molecule has 1 N–H and O–H groups in total. The Morgan fingerprint density at radius 1 is 1.33 bits per heavy atom. The smallest absolute Gasteiger partial charge is 0.0235 e. The van der Waals surface area contributed by atoms with Crippen LogP contribution in [0.15, 0.2) is 0 Å². The van der Waals surface area contributed by atoms with Crippen LogP contribution in [0, 0.1) is 0 Å². The van der Waals surface area contributed by atoms with Gasteiger partial charge in [-0.25, -0.2) is 0 Å². The van der Waals surface area contributed by atoms with Crippen molar-refractivity contribution in [1.82, 2.24) is 10.2 Å². The highest BCUT2D eigenvalue weighted by Gasteiger charge is 2.19. The summed E-state index contributed by atoms with van der Waals surface area (Å²) in [5, 5.41) is 3.51. The van der Waals surface area contributed by atoms with Crippen LogP contribution in [0.5, 0.6) is 0 Å². The summed E-state index contributed by atoms with van der Waals surface area (Å²) in [6.45, 7) is 7.97. The topological polar surface area (TPSA) is 15.3 Å². The number of hydrogen-bond donors (Lipinski definition) is 1. The maximum absolute atomic E-state index is 5.65. The van der Waals surface area contributed by atoms with Gasteiger partial charge >= 0.3 is 0 Å². The van der Waals surface area contributed by atoms with Gasteiger partial charge in [0.05, 0.1) is 0 Å². The molecule has 2 atom stereocenters. The average Bonchev–Trinajstić information content (AvgIpc) is 1.99. The number of hydrogen-bond acceptors (Lipinski definition) is 2. The molecule has 1 rings (SSSR count). The molecule has 0 radical (unpaired) electrons. The maximum atomic E-state index is 5.65. The Morgan fingerprint density at radius 3 is 2.42 bits per heavy atom. The van der Waals surface area contributed by atoms with E-state index in [2.05, 4.69) is 24.1 Å². The van der Waals surface area contributed by atoms with E-state index < -0.39 is 0 Å². The van der Waals surface area contributed by atoms with Crippen molar-refractivity contribution in [3.63, 3.8) is 0 Å². The Morgan fingerprint density at radius 2 is 1.92 bits per heavy atom. The summed E-state index contributed by atoms with van der Waals surface area (Å²) in [7, 11) is 0. The number of nitrogens with zero attached hydrogens (tertiary/aromatic N) is 1. The van der Waals surface area contributed by atoms with Crippen molar-refractivity contribution in [2.45, 2.75) is 32.4 Å². The minimum Gasteiger partial charge on any atom is -0.309 e. The maximum Gasteiger partial charge on any atom is 0.0235 e. The third-order valence-electron chi connectivity index (χ3n) is 2.24. The molecule has 0 saturated carbocycles. The van der Waals surface area contributed by atoms with Gasteiger partial charge in [0, 0.05) is 31.1 Å². The lowest BCUT2D eigenvalue weighted by molar-refractivity contribution is 0.174. The molecule has 72 valence electrons. The lowest BCUT2D eigenvalue weighted by Crippen LogP contribution is -2.54. The number of alkyl halides is 1. The lowest BCUT2D eigenvalue weighted by atomic mass is 10.1. The average molecular weight is 191 g/mol. The van der Waals surface area contributed by atoms with E-state index in [0.29, 0.717) is 12.1 Å².